The van der Waals surface area contributed by atoms with Gasteiger partial charge in [0, 0.05) is 42.8 Å². The van der Waals surface area contributed by atoms with Gasteiger partial charge in [-0.25, -0.2) is 4.99 Å². The highest BCUT2D eigenvalue weighted by atomic mass is 16.2. The van der Waals surface area contributed by atoms with E-state index in [1.54, 1.807) is 12.1 Å². The van der Waals surface area contributed by atoms with Crippen molar-refractivity contribution in [2.45, 2.75) is 40.0 Å². The summed E-state index contributed by atoms with van der Waals surface area (Å²) in [5, 5.41) is 2.77. The smallest absolute Gasteiger partial charge is 0.251 e. The Morgan fingerprint density at radius 3 is 2.50 bits per heavy atom. The Labute approximate surface area is 155 Å². The molecule has 0 fully saturated rings. The van der Waals surface area contributed by atoms with Crippen LogP contribution in [0.25, 0.3) is 6.08 Å². The van der Waals surface area contributed by atoms with E-state index in [1.165, 1.54) is 0 Å². The number of hydrogen-bond donors (Lipinski definition) is 2. The number of nitrogens with one attached hydrogen (secondary N) is 1. The predicted octanol–water partition coefficient (Wildman–Crippen LogP) is 2.86. The van der Waals surface area contributed by atoms with E-state index in [0.717, 1.165) is 31.5 Å². The van der Waals surface area contributed by atoms with Crippen molar-refractivity contribution in [1.29, 1.82) is 0 Å². The van der Waals surface area contributed by atoms with Crippen LogP contribution in [0.1, 0.15) is 56.0 Å². The van der Waals surface area contributed by atoms with Crippen LogP contribution in [0.5, 0.6) is 0 Å². The third-order valence-electron chi connectivity index (χ3n) is 4.14. The number of fused-ring (bicyclic) bond motifs is 1. The molecule has 0 spiro atoms. The van der Waals surface area contributed by atoms with E-state index in [1.807, 2.05) is 24.0 Å². The largest absolute Gasteiger partial charge is 0.387 e. The van der Waals surface area contributed by atoms with Crippen molar-refractivity contribution in [3.05, 3.63) is 34.9 Å². The van der Waals surface area contributed by atoms with Gasteiger partial charge in [0.25, 0.3) is 5.91 Å². The Morgan fingerprint density at radius 1 is 1.19 bits per heavy atom. The highest BCUT2D eigenvalue weighted by Gasteiger charge is 2.21. The minimum atomic E-state index is -0.148. The predicted molar refractivity (Wildman–Crippen MR) is 105 cm³/mol. The number of carbonyl (C=O) groups excluding carboxylic acids is 2. The zero-order valence-electron chi connectivity index (χ0n) is 15.8. The molecule has 1 aliphatic heterocycles. The molecule has 0 unspecified atom stereocenters. The molecule has 0 aromatic heterocycles. The van der Waals surface area contributed by atoms with Gasteiger partial charge in [-0.05, 0) is 38.0 Å². The summed E-state index contributed by atoms with van der Waals surface area (Å²) >= 11 is 0. The Hall–Kier alpha value is -2.63. The number of nitrogens with two attached hydrogens (primary N) is 1. The average molecular weight is 356 g/mol. The lowest BCUT2D eigenvalue weighted by molar-refractivity contribution is -0.127. The molecule has 0 radical (unpaired) electrons. The summed E-state index contributed by atoms with van der Waals surface area (Å²) in [6, 6.07) is 5.28. The second-order valence-electron chi connectivity index (χ2n) is 6.37. The summed E-state index contributed by atoms with van der Waals surface area (Å²) < 4.78 is 0. The summed E-state index contributed by atoms with van der Waals surface area (Å²) in [5.41, 5.74) is 8.63. The zero-order valence-corrected chi connectivity index (χ0v) is 15.8. The number of nitrogens with zero attached hydrogens (tertiary/aromatic N) is 2. The molecule has 0 saturated heterocycles. The molecule has 1 aromatic rings. The van der Waals surface area contributed by atoms with Gasteiger partial charge in [0.05, 0.1) is 5.69 Å². The van der Waals surface area contributed by atoms with Crippen molar-refractivity contribution in [3.63, 3.8) is 0 Å². The Bertz CT molecular complexity index is 731. The van der Waals surface area contributed by atoms with Crippen LogP contribution in [-0.4, -0.2) is 42.2 Å². The van der Waals surface area contributed by atoms with E-state index < -0.39 is 0 Å². The fraction of sp³-hybridized carbons (Fsp3) is 0.450. The third kappa shape index (κ3) is 4.71. The topological polar surface area (TPSA) is 87.8 Å². The second-order valence-corrected chi connectivity index (χ2v) is 6.37. The summed E-state index contributed by atoms with van der Waals surface area (Å²) in [6.45, 7) is 8.01. The molecule has 1 aliphatic rings. The van der Waals surface area contributed by atoms with Crippen LogP contribution in [0.15, 0.2) is 28.8 Å². The highest BCUT2D eigenvalue weighted by molar-refractivity contribution is 6.06. The molecule has 1 heterocycles. The molecule has 26 heavy (non-hydrogen) atoms. The molecule has 6 nitrogen and oxygen atoms in total. The molecule has 1 aromatic carbocycles. The van der Waals surface area contributed by atoms with Crippen molar-refractivity contribution >= 4 is 29.4 Å². The third-order valence-corrected chi connectivity index (χ3v) is 4.14. The molecule has 0 atom stereocenters. The van der Waals surface area contributed by atoms with Crippen LogP contribution in [-0.2, 0) is 4.79 Å². The molecular formula is C20H28N4O2. The maximum absolute atomic E-state index is 12.9. The normalized spacial score (nSPS) is 13.2. The lowest BCUT2D eigenvalue weighted by atomic mass is 10.0. The van der Waals surface area contributed by atoms with Crippen molar-refractivity contribution in [1.82, 2.24) is 10.2 Å². The van der Waals surface area contributed by atoms with Crippen molar-refractivity contribution < 1.29 is 9.59 Å². The van der Waals surface area contributed by atoms with Crippen LogP contribution in [0, 0.1) is 0 Å². The van der Waals surface area contributed by atoms with E-state index in [2.05, 4.69) is 24.2 Å². The summed E-state index contributed by atoms with van der Waals surface area (Å²) in [5.74, 6) is 0.238. The maximum atomic E-state index is 12.9. The van der Waals surface area contributed by atoms with Crippen LogP contribution < -0.4 is 11.1 Å². The number of carbonyl (C=O) groups is 2. The van der Waals surface area contributed by atoms with Crippen LogP contribution in [0.2, 0.25) is 0 Å². The molecule has 3 N–H and O–H groups in total. The number of rotatable bonds is 7. The van der Waals surface area contributed by atoms with E-state index in [4.69, 9.17) is 5.73 Å². The maximum Gasteiger partial charge on any atom is 0.251 e. The molecular weight excluding hydrogens is 328 g/mol. The number of aliphatic imine (C=N–C) groups is 1. The van der Waals surface area contributed by atoms with Gasteiger partial charge in [-0.1, -0.05) is 19.9 Å². The quantitative estimate of drug-likeness (QED) is 0.787. The van der Waals surface area contributed by atoms with Gasteiger partial charge in [0.1, 0.15) is 5.84 Å². The summed E-state index contributed by atoms with van der Waals surface area (Å²) in [6.07, 6.45) is 3.99. The van der Waals surface area contributed by atoms with Crippen molar-refractivity contribution in [2.75, 3.05) is 19.6 Å². The zero-order chi connectivity index (χ0) is 19.1. The summed E-state index contributed by atoms with van der Waals surface area (Å²) in [4.78, 5) is 31.3. The lowest BCUT2D eigenvalue weighted by Gasteiger charge is -2.22. The monoisotopic (exact) mass is 356 g/mol. The minimum Gasteiger partial charge on any atom is -0.387 e. The first-order chi connectivity index (χ1) is 12.5. The second kappa shape index (κ2) is 9.17. The van der Waals surface area contributed by atoms with E-state index >= 15 is 0 Å². The van der Waals surface area contributed by atoms with Crippen LogP contribution in [0.3, 0.4) is 0 Å². The number of amides is 2. The van der Waals surface area contributed by atoms with Gasteiger partial charge in [-0.15, -0.1) is 0 Å². The Kier molecular flexibility index (Phi) is 6.95. The van der Waals surface area contributed by atoms with E-state index in [9.17, 15) is 9.59 Å². The molecule has 6 heteroatoms. The van der Waals surface area contributed by atoms with E-state index in [0.29, 0.717) is 35.6 Å². The van der Waals surface area contributed by atoms with Gasteiger partial charge >= 0.3 is 0 Å². The van der Waals surface area contributed by atoms with Crippen LogP contribution >= 0.6 is 0 Å². The number of amidine groups is 1. The molecule has 0 aliphatic carbocycles. The Balaban J connectivity index is 2.37. The fourth-order valence-electron chi connectivity index (χ4n) is 2.99. The number of hydrogen-bond acceptors (Lipinski definition) is 4. The highest BCUT2D eigenvalue weighted by Crippen LogP contribution is 2.28. The van der Waals surface area contributed by atoms with Gasteiger partial charge in [0.15, 0.2) is 0 Å². The molecule has 140 valence electrons. The average Bonchev–Trinajstić information content (AvgIpc) is 2.78. The van der Waals surface area contributed by atoms with Crippen LogP contribution in [0.4, 0.5) is 5.69 Å². The first kappa shape index (κ1) is 19.7. The number of benzene rings is 1. The lowest BCUT2D eigenvalue weighted by Crippen LogP contribution is -2.34. The SMILES string of the molecule is CCCN(CCC)C(=O)C1=Cc2ccc(C(=O)NCC)cc2N=C(N)C1. The molecule has 0 saturated carbocycles. The van der Waals surface area contributed by atoms with Gasteiger partial charge in [-0.2, -0.15) is 0 Å². The van der Waals surface area contributed by atoms with Gasteiger partial charge in [0.2, 0.25) is 5.91 Å². The fourth-order valence-corrected chi connectivity index (χ4v) is 2.99. The standard InChI is InChI=1S/C20H28N4O2/c1-4-9-24(10-5-2)20(26)16-11-14-7-8-15(19(25)22-6-3)12-17(14)23-18(21)13-16/h7-8,11-12H,4-6,9-10,13H2,1-3H3,(H2,21,23)(H,22,25). The van der Waals surface area contributed by atoms with E-state index in [-0.39, 0.29) is 11.8 Å². The first-order valence-corrected chi connectivity index (χ1v) is 9.25. The molecule has 2 rings (SSSR count). The minimum absolute atomic E-state index is 0.00695. The molecule has 2 amide bonds. The van der Waals surface area contributed by atoms with Gasteiger partial charge in [-0.3, -0.25) is 9.59 Å². The molecule has 0 bridgehead atoms. The van der Waals surface area contributed by atoms with Gasteiger partial charge < -0.3 is 16.0 Å². The van der Waals surface area contributed by atoms with Crippen molar-refractivity contribution in [3.8, 4) is 0 Å². The van der Waals surface area contributed by atoms with Crippen molar-refractivity contribution in [2.24, 2.45) is 10.7 Å². The summed E-state index contributed by atoms with van der Waals surface area (Å²) in [7, 11) is 0. The first-order valence-electron chi connectivity index (χ1n) is 9.25. The Morgan fingerprint density at radius 2 is 1.88 bits per heavy atom.